The van der Waals surface area contributed by atoms with Crippen LogP contribution in [0.2, 0.25) is 0 Å². The second-order valence-electron chi connectivity index (χ2n) is 12.7. The molecule has 1 aliphatic carbocycles. The lowest BCUT2D eigenvalue weighted by Crippen LogP contribution is -2.46. The first-order valence-corrected chi connectivity index (χ1v) is 15.0. The lowest BCUT2D eigenvalue weighted by molar-refractivity contribution is 0.246. The fraction of sp³-hybridized carbons (Fsp3) is 0.485. The monoisotopic (exact) mass is 537 g/mol. The number of piperazine rings is 1. The molecule has 40 heavy (non-hydrogen) atoms. The third-order valence-electron chi connectivity index (χ3n) is 8.81. The normalized spacial score (nSPS) is 18.4. The van der Waals surface area contributed by atoms with Crippen molar-refractivity contribution in [1.82, 2.24) is 24.8 Å². The average molecular weight is 538 g/mol. The van der Waals surface area contributed by atoms with Gasteiger partial charge >= 0.3 is 0 Å². The quantitative estimate of drug-likeness (QED) is 0.304. The van der Waals surface area contributed by atoms with Gasteiger partial charge in [-0.2, -0.15) is 0 Å². The number of para-hydroxylation sites is 1. The van der Waals surface area contributed by atoms with Gasteiger partial charge in [0.1, 0.15) is 11.6 Å². The number of nitrogens with two attached hydrogens (primary N) is 1. The smallest absolute Gasteiger partial charge is 0.145 e. The highest BCUT2D eigenvalue weighted by Crippen LogP contribution is 2.32. The summed E-state index contributed by atoms with van der Waals surface area (Å²) in [6.45, 7) is 11.5. The molecule has 2 aromatic carbocycles. The van der Waals surface area contributed by atoms with E-state index in [1.54, 1.807) is 0 Å². The molecule has 0 bridgehead atoms. The molecule has 6 rings (SSSR count). The number of hydrogen-bond donors (Lipinski definition) is 2. The molecule has 7 heteroatoms. The first-order valence-electron chi connectivity index (χ1n) is 15.0. The topological polar surface area (TPSA) is 87.0 Å². The standard InChI is InChI=1S/C33H43N7/c1-33(2,3)25-14-12-24(13-15-25)31-37-27-10-7-11-28(30(27)38-31)40-20-18-39(19-21-40)22-26-16-17-35-32(36-26)29(34)23-8-5-4-6-9-23/h7,10-17,23,29H,4-6,8-9,18-22,34H2,1-3H3,(H,37,38). The summed E-state index contributed by atoms with van der Waals surface area (Å²) in [5.74, 6) is 2.26. The summed E-state index contributed by atoms with van der Waals surface area (Å²) < 4.78 is 0. The van der Waals surface area contributed by atoms with Gasteiger partial charge in [0.2, 0.25) is 0 Å². The van der Waals surface area contributed by atoms with Gasteiger partial charge in [-0.15, -0.1) is 0 Å². The molecule has 0 spiro atoms. The molecule has 2 aliphatic rings. The molecule has 1 atom stereocenters. The van der Waals surface area contributed by atoms with Crippen molar-refractivity contribution in [2.75, 3.05) is 31.1 Å². The van der Waals surface area contributed by atoms with E-state index in [1.807, 2.05) is 12.3 Å². The molecule has 7 nitrogen and oxygen atoms in total. The van der Waals surface area contributed by atoms with Gasteiger partial charge in [0.05, 0.1) is 28.5 Å². The molecule has 3 heterocycles. The van der Waals surface area contributed by atoms with Gasteiger partial charge in [-0.1, -0.05) is 70.4 Å². The third kappa shape index (κ3) is 5.77. The summed E-state index contributed by atoms with van der Waals surface area (Å²) in [7, 11) is 0. The van der Waals surface area contributed by atoms with E-state index in [1.165, 1.54) is 43.4 Å². The first-order chi connectivity index (χ1) is 19.3. The predicted molar refractivity (Wildman–Crippen MR) is 163 cm³/mol. The number of anilines is 1. The number of imidazole rings is 1. The van der Waals surface area contributed by atoms with Crippen LogP contribution in [0.15, 0.2) is 54.7 Å². The SMILES string of the molecule is CC(C)(C)c1ccc(-c2nc3cccc(N4CCN(Cc5ccnc(C(N)C6CCCCC6)n5)CC4)c3[nH]2)cc1. The van der Waals surface area contributed by atoms with Crippen LogP contribution < -0.4 is 10.6 Å². The molecule has 3 N–H and O–H groups in total. The van der Waals surface area contributed by atoms with Crippen molar-refractivity contribution in [2.45, 2.75) is 70.9 Å². The zero-order valence-corrected chi connectivity index (χ0v) is 24.2. The van der Waals surface area contributed by atoms with Gasteiger partial charge in [-0.05, 0) is 47.9 Å². The molecule has 2 fully saturated rings. The summed E-state index contributed by atoms with van der Waals surface area (Å²) in [4.78, 5) is 23.0. The van der Waals surface area contributed by atoms with Crippen LogP contribution in [0.3, 0.4) is 0 Å². The highest BCUT2D eigenvalue weighted by Gasteiger charge is 2.25. The molecule has 1 aliphatic heterocycles. The van der Waals surface area contributed by atoms with Crippen LogP contribution in [0.5, 0.6) is 0 Å². The van der Waals surface area contributed by atoms with E-state index in [2.05, 4.69) is 83.0 Å². The zero-order chi connectivity index (χ0) is 27.7. The largest absolute Gasteiger partial charge is 0.367 e. The Bertz CT molecular complexity index is 1420. The van der Waals surface area contributed by atoms with E-state index in [4.69, 9.17) is 15.7 Å². The second kappa shape index (κ2) is 11.3. The van der Waals surface area contributed by atoms with Gasteiger partial charge in [0.15, 0.2) is 0 Å². The molecule has 2 aromatic heterocycles. The molecule has 1 saturated carbocycles. The molecule has 210 valence electrons. The van der Waals surface area contributed by atoms with E-state index < -0.39 is 0 Å². The number of hydrogen-bond acceptors (Lipinski definition) is 6. The number of aromatic nitrogens is 4. The van der Waals surface area contributed by atoms with Crippen LogP contribution in [-0.2, 0) is 12.0 Å². The van der Waals surface area contributed by atoms with Crippen LogP contribution in [0.25, 0.3) is 22.4 Å². The van der Waals surface area contributed by atoms with Crippen molar-refractivity contribution in [1.29, 1.82) is 0 Å². The summed E-state index contributed by atoms with van der Waals surface area (Å²) in [6.07, 6.45) is 8.18. The molecule has 0 amide bonds. The third-order valence-corrected chi connectivity index (χ3v) is 8.81. The molecular weight excluding hydrogens is 494 g/mol. The summed E-state index contributed by atoms with van der Waals surface area (Å²) in [5.41, 5.74) is 13.6. The molecular formula is C33H43N7. The maximum atomic E-state index is 6.61. The minimum absolute atomic E-state index is 0.0479. The van der Waals surface area contributed by atoms with E-state index >= 15 is 0 Å². The number of aromatic amines is 1. The van der Waals surface area contributed by atoms with Gasteiger partial charge in [-0.25, -0.2) is 15.0 Å². The number of nitrogens with one attached hydrogen (secondary N) is 1. The fourth-order valence-electron chi connectivity index (χ4n) is 6.29. The molecule has 1 unspecified atom stereocenters. The number of H-pyrrole nitrogens is 1. The summed E-state index contributed by atoms with van der Waals surface area (Å²) >= 11 is 0. The Morgan fingerprint density at radius 2 is 1.68 bits per heavy atom. The minimum Gasteiger partial charge on any atom is -0.367 e. The number of rotatable bonds is 6. The van der Waals surface area contributed by atoms with E-state index in [0.717, 1.165) is 66.7 Å². The van der Waals surface area contributed by atoms with Gasteiger partial charge in [0, 0.05) is 44.5 Å². The Morgan fingerprint density at radius 3 is 2.40 bits per heavy atom. The first kappa shape index (κ1) is 26.9. The van der Waals surface area contributed by atoms with E-state index in [-0.39, 0.29) is 11.5 Å². The predicted octanol–water partition coefficient (Wildman–Crippen LogP) is 6.22. The lowest BCUT2D eigenvalue weighted by Gasteiger charge is -2.36. The highest BCUT2D eigenvalue weighted by atomic mass is 15.3. The Morgan fingerprint density at radius 1 is 0.925 bits per heavy atom. The van der Waals surface area contributed by atoms with Crippen molar-refractivity contribution in [3.63, 3.8) is 0 Å². The summed E-state index contributed by atoms with van der Waals surface area (Å²) in [6, 6.07) is 17.2. The van der Waals surface area contributed by atoms with E-state index in [0.29, 0.717) is 5.92 Å². The Kier molecular flexibility index (Phi) is 7.60. The second-order valence-corrected chi connectivity index (χ2v) is 12.7. The van der Waals surface area contributed by atoms with Crippen molar-refractivity contribution in [3.05, 3.63) is 71.8 Å². The molecule has 0 radical (unpaired) electrons. The van der Waals surface area contributed by atoms with Crippen LogP contribution in [0.4, 0.5) is 5.69 Å². The summed E-state index contributed by atoms with van der Waals surface area (Å²) in [5, 5.41) is 0. The number of fused-ring (bicyclic) bond motifs is 1. The van der Waals surface area contributed by atoms with Crippen LogP contribution in [0.1, 0.15) is 76.0 Å². The Labute approximate surface area is 238 Å². The maximum absolute atomic E-state index is 6.61. The van der Waals surface area contributed by atoms with Gasteiger partial charge in [0.25, 0.3) is 0 Å². The highest BCUT2D eigenvalue weighted by molar-refractivity contribution is 5.91. The lowest BCUT2D eigenvalue weighted by atomic mass is 9.84. The Hall–Kier alpha value is -3.29. The Balaban J connectivity index is 1.11. The minimum atomic E-state index is -0.0479. The van der Waals surface area contributed by atoms with Crippen molar-refractivity contribution in [2.24, 2.45) is 11.7 Å². The fourth-order valence-corrected chi connectivity index (χ4v) is 6.29. The molecule has 1 saturated heterocycles. The van der Waals surface area contributed by atoms with Crippen molar-refractivity contribution >= 4 is 16.7 Å². The van der Waals surface area contributed by atoms with E-state index in [9.17, 15) is 0 Å². The van der Waals surface area contributed by atoms with Crippen LogP contribution >= 0.6 is 0 Å². The van der Waals surface area contributed by atoms with Crippen LogP contribution in [0, 0.1) is 5.92 Å². The molecule has 4 aromatic rings. The van der Waals surface area contributed by atoms with Gasteiger partial charge < -0.3 is 15.6 Å². The van der Waals surface area contributed by atoms with Gasteiger partial charge in [-0.3, -0.25) is 4.90 Å². The van der Waals surface area contributed by atoms with Crippen LogP contribution in [-0.4, -0.2) is 51.0 Å². The number of nitrogens with zero attached hydrogens (tertiary/aromatic N) is 5. The zero-order valence-electron chi connectivity index (χ0n) is 24.2. The van der Waals surface area contributed by atoms with Crippen molar-refractivity contribution < 1.29 is 0 Å². The average Bonchev–Trinajstić information content (AvgIpc) is 3.42. The number of benzene rings is 2. The van der Waals surface area contributed by atoms with Crippen molar-refractivity contribution in [3.8, 4) is 11.4 Å². The maximum Gasteiger partial charge on any atom is 0.145 e.